The Hall–Kier alpha value is -1.79. The molecule has 0 radical (unpaired) electrons. The van der Waals surface area contributed by atoms with Gasteiger partial charge in [0.05, 0.1) is 10.3 Å². The van der Waals surface area contributed by atoms with Crippen LogP contribution in [0.25, 0.3) is 10.2 Å². The highest BCUT2D eigenvalue weighted by Gasteiger charge is 2.10. The number of fused-ring (bicyclic) bond motifs is 1. The molecule has 1 amide bonds. The maximum atomic E-state index is 11.9. The second-order valence-corrected chi connectivity index (χ2v) is 5.14. The highest BCUT2D eigenvalue weighted by atomic mass is 32.1. The van der Waals surface area contributed by atoms with E-state index in [4.69, 9.17) is 0 Å². The lowest BCUT2D eigenvalue weighted by Crippen LogP contribution is -2.11. The number of hydrogen-bond acceptors (Lipinski definition) is 5. The molecule has 17 heavy (non-hydrogen) atoms. The number of amides is 1. The summed E-state index contributed by atoms with van der Waals surface area (Å²) in [6.45, 7) is 0. The van der Waals surface area contributed by atoms with Gasteiger partial charge in [0, 0.05) is 0 Å². The summed E-state index contributed by atoms with van der Waals surface area (Å²) in [6.07, 6.45) is 1.46. The number of thiophene rings is 2. The lowest BCUT2D eigenvalue weighted by molar-refractivity contribution is 0.103. The summed E-state index contributed by atoms with van der Waals surface area (Å²) in [7, 11) is 0. The first-order valence-corrected chi connectivity index (χ1v) is 6.63. The van der Waals surface area contributed by atoms with Crippen molar-refractivity contribution in [3.8, 4) is 0 Å². The van der Waals surface area contributed by atoms with Crippen LogP contribution in [0.5, 0.6) is 0 Å². The predicted molar refractivity (Wildman–Crippen MR) is 69.7 cm³/mol. The van der Waals surface area contributed by atoms with Crippen LogP contribution in [-0.4, -0.2) is 15.9 Å². The minimum absolute atomic E-state index is 0.133. The molecule has 0 saturated carbocycles. The van der Waals surface area contributed by atoms with Gasteiger partial charge in [0.2, 0.25) is 0 Å². The summed E-state index contributed by atoms with van der Waals surface area (Å²) in [5, 5.41) is 7.48. The molecule has 3 aromatic rings. The van der Waals surface area contributed by atoms with Crippen LogP contribution in [0.4, 0.5) is 5.82 Å². The van der Waals surface area contributed by atoms with E-state index in [0.29, 0.717) is 10.7 Å². The average Bonchev–Trinajstić information content (AvgIpc) is 3.00. The first-order chi connectivity index (χ1) is 8.34. The SMILES string of the molecule is O=C(Nc1ncnc2sccc12)c1cccs1. The van der Waals surface area contributed by atoms with Gasteiger partial charge in [0.15, 0.2) is 0 Å². The number of hydrogen-bond donors (Lipinski definition) is 1. The topological polar surface area (TPSA) is 54.9 Å². The van der Waals surface area contributed by atoms with E-state index in [1.165, 1.54) is 29.0 Å². The Morgan fingerprint density at radius 2 is 2.12 bits per heavy atom. The van der Waals surface area contributed by atoms with Crippen molar-refractivity contribution in [1.29, 1.82) is 0 Å². The van der Waals surface area contributed by atoms with E-state index in [1.807, 2.05) is 22.9 Å². The number of nitrogens with one attached hydrogen (secondary N) is 1. The summed E-state index contributed by atoms with van der Waals surface area (Å²) in [5.41, 5.74) is 0. The molecule has 3 heterocycles. The summed E-state index contributed by atoms with van der Waals surface area (Å²) >= 11 is 2.93. The molecule has 0 aliphatic carbocycles. The number of carbonyl (C=O) groups is 1. The van der Waals surface area contributed by atoms with Gasteiger partial charge in [0.25, 0.3) is 5.91 Å². The van der Waals surface area contributed by atoms with E-state index < -0.39 is 0 Å². The Labute approximate surface area is 105 Å². The maximum absolute atomic E-state index is 11.9. The first-order valence-electron chi connectivity index (χ1n) is 4.87. The van der Waals surface area contributed by atoms with Crippen molar-refractivity contribution in [3.05, 3.63) is 40.2 Å². The van der Waals surface area contributed by atoms with Crippen molar-refractivity contribution in [1.82, 2.24) is 9.97 Å². The molecule has 0 aliphatic heterocycles. The molecule has 0 aromatic carbocycles. The van der Waals surface area contributed by atoms with Crippen LogP contribution in [0.3, 0.4) is 0 Å². The van der Waals surface area contributed by atoms with Gasteiger partial charge < -0.3 is 5.32 Å². The molecule has 0 saturated heterocycles. The molecule has 84 valence electrons. The lowest BCUT2D eigenvalue weighted by Gasteiger charge is -2.02. The number of aromatic nitrogens is 2. The minimum Gasteiger partial charge on any atom is -0.305 e. The monoisotopic (exact) mass is 261 g/mol. The van der Waals surface area contributed by atoms with E-state index in [-0.39, 0.29) is 5.91 Å². The van der Waals surface area contributed by atoms with Crippen LogP contribution in [0, 0.1) is 0 Å². The third-order valence-corrected chi connectivity index (χ3v) is 3.93. The third-order valence-electron chi connectivity index (χ3n) is 2.24. The Morgan fingerprint density at radius 3 is 2.94 bits per heavy atom. The van der Waals surface area contributed by atoms with Crippen molar-refractivity contribution < 1.29 is 4.79 Å². The Kier molecular flexibility index (Phi) is 2.58. The van der Waals surface area contributed by atoms with Crippen LogP contribution >= 0.6 is 22.7 Å². The van der Waals surface area contributed by atoms with Gasteiger partial charge in [-0.25, -0.2) is 9.97 Å². The lowest BCUT2D eigenvalue weighted by atomic mass is 10.3. The number of nitrogens with zero attached hydrogens (tertiary/aromatic N) is 2. The number of carbonyl (C=O) groups excluding carboxylic acids is 1. The van der Waals surface area contributed by atoms with Gasteiger partial charge in [-0.05, 0) is 22.9 Å². The second-order valence-electron chi connectivity index (χ2n) is 3.29. The molecule has 3 rings (SSSR count). The van der Waals surface area contributed by atoms with Gasteiger partial charge in [0.1, 0.15) is 17.0 Å². The Bertz CT molecular complexity index is 660. The summed E-state index contributed by atoms with van der Waals surface area (Å²) in [6, 6.07) is 5.54. The molecule has 1 N–H and O–H groups in total. The first kappa shape index (κ1) is 10.4. The maximum Gasteiger partial charge on any atom is 0.266 e. The van der Waals surface area contributed by atoms with Gasteiger partial charge in [-0.3, -0.25) is 4.79 Å². The van der Waals surface area contributed by atoms with Crippen molar-refractivity contribution in [3.63, 3.8) is 0 Å². The standard InChI is InChI=1S/C11H7N3OS2/c15-10(8-2-1-4-16-8)14-9-7-3-5-17-11(7)13-6-12-9/h1-6H,(H,12,13,14,15). The van der Waals surface area contributed by atoms with Crippen LogP contribution in [-0.2, 0) is 0 Å². The van der Waals surface area contributed by atoms with Crippen LogP contribution in [0.15, 0.2) is 35.3 Å². The van der Waals surface area contributed by atoms with E-state index in [0.717, 1.165) is 10.2 Å². The van der Waals surface area contributed by atoms with Gasteiger partial charge in [-0.2, -0.15) is 0 Å². The Balaban J connectivity index is 1.95. The fourth-order valence-corrected chi connectivity index (χ4v) is 2.82. The highest BCUT2D eigenvalue weighted by Crippen LogP contribution is 2.24. The van der Waals surface area contributed by atoms with Crippen molar-refractivity contribution in [2.24, 2.45) is 0 Å². The van der Waals surface area contributed by atoms with Crippen molar-refractivity contribution in [2.45, 2.75) is 0 Å². The van der Waals surface area contributed by atoms with E-state index in [1.54, 1.807) is 6.07 Å². The smallest absolute Gasteiger partial charge is 0.266 e. The van der Waals surface area contributed by atoms with Crippen molar-refractivity contribution >= 4 is 44.6 Å². The zero-order chi connectivity index (χ0) is 11.7. The highest BCUT2D eigenvalue weighted by molar-refractivity contribution is 7.16. The van der Waals surface area contributed by atoms with Crippen LogP contribution < -0.4 is 5.32 Å². The summed E-state index contributed by atoms with van der Waals surface area (Å²) in [5.74, 6) is 0.431. The van der Waals surface area contributed by atoms with E-state index in [2.05, 4.69) is 15.3 Å². The van der Waals surface area contributed by atoms with Gasteiger partial charge >= 0.3 is 0 Å². The van der Waals surface area contributed by atoms with Gasteiger partial charge in [-0.1, -0.05) is 6.07 Å². The minimum atomic E-state index is -0.133. The van der Waals surface area contributed by atoms with Crippen LogP contribution in [0.1, 0.15) is 9.67 Å². The third kappa shape index (κ3) is 1.92. The average molecular weight is 261 g/mol. The largest absolute Gasteiger partial charge is 0.305 e. The Morgan fingerprint density at radius 1 is 1.18 bits per heavy atom. The molecule has 6 heteroatoms. The molecule has 0 fully saturated rings. The van der Waals surface area contributed by atoms with E-state index in [9.17, 15) is 4.79 Å². The molecule has 0 atom stereocenters. The molecule has 0 bridgehead atoms. The molecule has 0 unspecified atom stereocenters. The molecular weight excluding hydrogens is 254 g/mol. The fraction of sp³-hybridized carbons (Fsp3) is 0. The summed E-state index contributed by atoms with van der Waals surface area (Å²) in [4.78, 5) is 21.7. The second kappa shape index (κ2) is 4.23. The molecule has 3 aromatic heterocycles. The van der Waals surface area contributed by atoms with Crippen LogP contribution in [0.2, 0.25) is 0 Å². The normalized spacial score (nSPS) is 10.6. The van der Waals surface area contributed by atoms with Crippen molar-refractivity contribution in [2.75, 3.05) is 5.32 Å². The van der Waals surface area contributed by atoms with E-state index >= 15 is 0 Å². The molecule has 4 nitrogen and oxygen atoms in total. The summed E-state index contributed by atoms with van der Waals surface area (Å²) < 4.78 is 0. The quantitative estimate of drug-likeness (QED) is 0.771. The van der Waals surface area contributed by atoms with Gasteiger partial charge in [-0.15, -0.1) is 22.7 Å². The number of rotatable bonds is 2. The molecule has 0 spiro atoms. The molecular formula is C11H7N3OS2. The predicted octanol–water partition coefficient (Wildman–Crippen LogP) is 3.01. The zero-order valence-corrected chi connectivity index (χ0v) is 10.2. The fourth-order valence-electron chi connectivity index (χ4n) is 1.47. The molecule has 0 aliphatic rings. The number of anilines is 1. The zero-order valence-electron chi connectivity index (χ0n) is 8.58.